The summed E-state index contributed by atoms with van der Waals surface area (Å²) in [4.78, 5) is 15.7. The van der Waals surface area contributed by atoms with Crippen LogP contribution in [0.25, 0.3) is 72.2 Å². The Bertz CT molecular complexity index is 3660. The van der Waals surface area contributed by atoms with E-state index in [9.17, 15) is 0 Å². The first-order valence-electron chi connectivity index (χ1n) is 23.7. The molecule has 2 aromatic heterocycles. The molecule has 0 atom stereocenters. The smallest absolute Gasteiger partial charge is 0.336 e. The number of hydrogen-bond donors (Lipinski definition) is 0. The van der Waals surface area contributed by atoms with Crippen molar-refractivity contribution in [1.29, 1.82) is 0 Å². The third-order valence-corrected chi connectivity index (χ3v) is 10.2. The molecule has 0 saturated carbocycles. The molecular weight excluding hydrogens is 906 g/mol. The number of aromatic nitrogens is 3. The largest absolute Gasteiger partial charge is 0.509 e. The van der Waals surface area contributed by atoms with Crippen LogP contribution in [0.3, 0.4) is 0 Å². The van der Waals surface area contributed by atoms with Gasteiger partial charge in [0.2, 0.25) is 0 Å². The van der Waals surface area contributed by atoms with Crippen molar-refractivity contribution in [2.24, 2.45) is 0 Å². The van der Waals surface area contributed by atoms with Gasteiger partial charge in [0, 0.05) is 49.2 Å². The normalized spacial score (nSPS) is 13.9. The summed E-state index contributed by atoms with van der Waals surface area (Å²) < 4.78 is 98.5. The van der Waals surface area contributed by atoms with Crippen LogP contribution in [0.15, 0.2) is 180 Å². The van der Waals surface area contributed by atoms with Crippen LogP contribution in [0, 0.1) is 18.2 Å². The van der Waals surface area contributed by atoms with Crippen molar-refractivity contribution >= 4 is 32.8 Å². The van der Waals surface area contributed by atoms with Crippen molar-refractivity contribution in [1.82, 2.24) is 13.7 Å². The van der Waals surface area contributed by atoms with Crippen LogP contribution in [0.2, 0.25) is 0 Å². The third kappa shape index (κ3) is 6.72. The van der Waals surface area contributed by atoms with Crippen LogP contribution in [0.1, 0.15) is 40.0 Å². The molecule has 0 amide bonds. The molecule has 290 valence electrons. The number of benzene rings is 8. The molecule has 0 unspecified atom stereocenters. The summed E-state index contributed by atoms with van der Waals surface area (Å²) in [6.07, 6.45) is 0. The van der Waals surface area contributed by atoms with Crippen molar-refractivity contribution in [2.45, 2.75) is 26.2 Å². The van der Waals surface area contributed by atoms with Crippen molar-refractivity contribution in [3.8, 4) is 50.8 Å². The predicted molar refractivity (Wildman–Crippen MR) is 236 cm³/mol. The molecule has 0 N–H and O–H groups in total. The molecule has 0 fully saturated rings. The van der Waals surface area contributed by atoms with Crippen LogP contribution in [-0.2, 0) is 26.5 Å². The first kappa shape index (κ1) is 27.9. The standard InChI is InChI=1S/C53H38N3O2.Pt/c1-53(2,3)38-32-40(34-42(33-38)58-41-30-31-46-45-24-13-14-27-47(45)54(50(46)35-41)39-22-11-6-12-23-39)55-48-28-15-16-29-49(48)56(52(55)57)51-43(36-18-7-4-8-19-36)25-17-26-44(51)37-20-9-5-10-21-37;/h4-22,24-33H,1-3H3;/q-3;/i4D,5D,7D,8D,9D,10D,18D,19D,20D,21D;. The summed E-state index contributed by atoms with van der Waals surface area (Å²) in [5, 5.41) is 1.99. The molecule has 59 heavy (non-hydrogen) atoms. The molecule has 0 aliphatic carbocycles. The summed E-state index contributed by atoms with van der Waals surface area (Å²) in [6, 6.07) is 38.8. The third-order valence-electron chi connectivity index (χ3n) is 10.2. The molecule has 10 aromatic rings. The maximum Gasteiger partial charge on any atom is 0.336 e. The van der Waals surface area contributed by atoms with Gasteiger partial charge in [-0.2, -0.15) is 30.3 Å². The Balaban J connectivity index is 0.00000593. The molecule has 5 nitrogen and oxygen atoms in total. The fourth-order valence-electron chi connectivity index (χ4n) is 7.52. The molecule has 0 aliphatic heterocycles. The topological polar surface area (TPSA) is 41.1 Å². The second kappa shape index (κ2) is 15.2. The molecule has 0 aliphatic rings. The van der Waals surface area contributed by atoms with E-state index in [1.54, 1.807) is 24.3 Å². The van der Waals surface area contributed by atoms with Gasteiger partial charge in [-0.1, -0.05) is 147 Å². The number of nitrogens with zero attached hydrogens (tertiary/aromatic N) is 3. The average Bonchev–Trinajstić information content (AvgIpc) is 3.82. The average molecular weight is 954 g/mol. The Labute approximate surface area is 371 Å². The fraction of sp³-hybridized carbons (Fsp3) is 0.0755. The van der Waals surface area contributed by atoms with Crippen molar-refractivity contribution in [3.63, 3.8) is 0 Å². The molecular formula is C53H38N3O2Pt-3. The minimum Gasteiger partial charge on any atom is -0.509 e. The minimum atomic E-state index is -0.690. The van der Waals surface area contributed by atoms with Gasteiger partial charge in [0.1, 0.15) is 0 Å². The van der Waals surface area contributed by atoms with Gasteiger partial charge in [0.15, 0.2) is 0 Å². The molecule has 8 aromatic carbocycles. The van der Waals surface area contributed by atoms with Gasteiger partial charge in [-0.25, -0.2) is 4.79 Å². The molecule has 10 rings (SSSR count). The number of ether oxygens (including phenoxy) is 1. The molecule has 0 saturated heterocycles. The summed E-state index contributed by atoms with van der Waals surface area (Å²) >= 11 is 0. The quantitative estimate of drug-likeness (QED) is 0.149. The Morgan fingerprint density at radius 3 is 1.85 bits per heavy atom. The van der Waals surface area contributed by atoms with Gasteiger partial charge in [-0.15, -0.1) is 47.3 Å². The Morgan fingerprint density at radius 2 is 1.20 bits per heavy atom. The van der Waals surface area contributed by atoms with E-state index in [0.29, 0.717) is 16.8 Å². The van der Waals surface area contributed by atoms with E-state index >= 15 is 4.79 Å². The summed E-state index contributed by atoms with van der Waals surface area (Å²) in [6.45, 7) is 6.08. The molecule has 6 heteroatoms. The zero-order valence-electron chi connectivity index (χ0n) is 41.9. The van der Waals surface area contributed by atoms with E-state index in [-0.39, 0.29) is 60.4 Å². The Hall–Kier alpha value is -6.68. The van der Waals surface area contributed by atoms with Crippen molar-refractivity contribution in [3.05, 3.63) is 210 Å². The SMILES string of the molecule is [2H]c1c([2H])c([2H])c(-c2cccc(-c3c([2H])c([2H])c([2H])c([2H])c3[2H])c2-n2c(=O)n(-c3[c-]c(Oc4[c-]c5c(cc4)c4ccccc4n5-c4[c-]cccc4)cc(C(C)(C)C)c3)c3ccccc32)c([2H])c1[2H].[Pt]. The number of hydrogen-bond acceptors (Lipinski definition) is 2. The molecule has 0 spiro atoms. The first-order valence-corrected chi connectivity index (χ1v) is 18.7. The number of para-hydroxylation sites is 5. The second-order valence-electron chi connectivity index (χ2n) is 14.8. The first-order chi connectivity index (χ1) is 32.5. The van der Waals surface area contributed by atoms with Crippen LogP contribution < -0.4 is 10.4 Å². The van der Waals surface area contributed by atoms with E-state index < -0.39 is 71.5 Å². The maximum atomic E-state index is 15.7. The molecule has 0 bridgehead atoms. The van der Waals surface area contributed by atoms with Crippen LogP contribution >= 0.6 is 0 Å². The van der Waals surface area contributed by atoms with E-state index in [2.05, 4.69) is 28.8 Å². The van der Waals surface area contributed by atoms with Crippen LogP contribution in [0.4, 0.5) is 0 Å². The van der Waals surface area contributed by atoms with E-state index in [1.807, 2.05) is 87.5 Å². The number of rotatable bonds is 7. The molecule has 0 radical (unpaired) electrons. The predicted octanol–water partition coefficient (Wildman–Crippen LogP) is 12.7. The van der Waals surface area contributed by atoms with Gasteiger partial charge < -0.3 is 9.30 Å². The number of imidazole rings is 1. The van der Waals surface area contributed by atoms with Gasteiger partial charge in [-0.05, 0) is 40.1 Å². The van der Waals surface area contributed by atoms with Crippen LogP contribution in [0.5, 0.6) is 11.5 Å². The maximum absolute atomic E-state index is 15.7. The summed E-state index contributed by atoms with van der Waals surface area (Å²) in [7, 11) is 0. The van der Waals surface area contributed by atoms with Crippen molar-refractivity contribution < 1.29 is 39.5 Å². The van der Waals surface area contributed by atoms with Crippen LogP contribution in [-0.4, -0.2) is 13.7 Å². The second-order valence-corrected chi connectivity index (χ2v) is 14.8. The van der Waals surface area contributed by atoms with Gasteiger partial charge >= 0.3 is 5.69 Å². The summed E-state index contributed by atoms with van der Waals surface area (Å²) in [5.74, 6) is 0.663. The fourth-order valence-corrected chi connectivity index (χ4v) is 7.52. The van der Waals surface area contributed by atoms with Gasteiger partial charge in [0.05, 0.1) is 30.4 Å². The van der Waals surface area contributed by atoms with E-state index in [1.165, 1.54) is 27.3 Å². The Morgan fingerprint density at radius 1 is 0.576 bits per heavy atom. The molecule has 2 heterocycles. The zero-order chi connectivity index (χ0) is 48.1. The zero-order valence-corrected chi connectivity index (χ0v) is 34.2. The monoisotopic (exact) mass is 953 g/mol. The summed E-state index contributed by atoms with van der Waals surface area (Å²) in [5.41, 5.74) is 2.56. The minimum absolute atomic E-state index is 0. The van der Waals surface area contributed by atoms with Crippen molar-refractivity contribution in [2.75, 3.05) is 0 Å². The number of fused-ring (bicyclic) bond motifs is 4. The van der Waals surface area contributed by atoms with E-state index in [4.69, 9.17) is 18.4 Å². The van der Waals surface area contributed by atoms with Gasteiger partial charge in [-0.3, -0.25) is 9.13 Å². The Kier molecular flexibility index (Phi) is 7.20. The van der Waals surface area contributed by atoms with E-state index in [0.717, 1.165) is 33.1 Å². The van der Waals surface area contributed by atoms with Gasteiger partial charge in [0.25, 0.3) is 0 Å².